The van der Waals surface area contributed by atoms with Crippen LogP contribution in [0.25, 0.3) is 24.3 Å². The maximum atomic E-state index is 6.19. The fraction of sp³-hybridized carbons (Fsp3) is 0.286. The van der Waals surface area contributed by atoms with Crippen molar-refractivity contribution in [2.75, 3.05) is 36.0 Å². The molecule has 0 unspecified atom stereocenters. The summed E-state index contributed by atoms with van der Waals surface area (Å²) in [6.45, 7) is 12.7. The van der Waals surface area contributed by atoms with Crippen molar-refractivity contribution in [3.8, 4) is 0 Å². The molecule has 0 aliphatic carbocycles. The van der Waals surface area contributed by atoms with E-state index in [1.54, 1.807) is 0 Å². The highest BCUT2D eigenvalue weighted by Crippen LogP contribution is 2.19. The Balaban J connectivity index is 1.71. The average Bonchev–Trinajstić information content (AvgIpc) is 2.84. The second kappa shape index (κ2) is 12.2. The normalized spacial score (nSPS) is 11.4. The van der Waals surface area contributed by atoms with Crippen LogP contribution in [-0.2, 0) is 0 Å². The SMILES string of the molecule is CCN(CC)c1ccc(/C=C/c2cc(/C=C/c3ccc(N(CC)CC)cc3)nc(Cl)n2)cc1. The van der Waals surface area contributed by atoms with Crippen LogP contribution >= 0.6 is 11.6 Å². The van der Waals surface area contributed by atoms with Crippen molar-refractivity contribution in [2.24, 2.45) is 0 Å². The highest BCUT2D eigenvalue weighted by atomic mass is 35.5. The Bertz CT molecular complexity index is 980. The second-order valence-electron chi connectivity index (χ2n) is 7.68. The summed E-state index contributed by atoms with van der Waals surface area (Å²) in [5, 5.41) is 0.241. The second-order valence-corrected chi connectivity index (χ2v) is 8.02. The lowest BCUT2D eigenvalue weighted by atomic mass is 10.1. The summed E-state index contributed by atoms with van der Waals surface area (Å²) >= 11 is 6.19. The largest absolute Gasteiger partial charge is 0.372 e. The average molecular weight is 461 g/mol. The topological polar surface area (TPSA) is 32.3 Å². The van der Waals surface area contributed by atoms with Crippen molar-refractivity contribution in [1.82, 2.24) is 9.97 Å². The number of aromatic nitrogens is 2. The molecule has 0 aliphatic heterocycles. The first-order valence-electron chi connectivity index (χ1n) is 11.7. The molecule has 0 bridgehead atoms. The minimum absolute atomic E-state index is 0.241. The van der Waals surface area contributed by atoms with E-state index in [9.17, 15) is 0 Å². The first kappa shape index (κ1) is 24.5. The van der Waals surface area contributed by atoms with E-state index >= 15 is 0 Å². The molecule has 4 nitrogen and oxygen atoms in total. The summed E-state index contributed by atoms with van der Waals surface area (Å²) in [5.74, 6) is 0. The van der Waals surface area contributed by atoms with Crippen molar-refractivity contribution in [3.63, 3.8) is 0 Å². The van der Waals surface area contributed by atoms with Gasteiger partial charge in [-0.2, -0.15) is 0 Å². The summed E-state index contributed by atoms with van der Waals surface area (Å²) in [6.07, 6.45) is 8.03. The molecule has 0 spiro atoms. The highest BCUT2D eigenvalue weighted by Gasteiger charge is 2.03. The fourth-order valence-corrected chi connectivity index (χ4v) is 3.95. The molecule has 3 rings (SSSR count). The van der Waals surface area contributed by atoms with Crippen LogP contribution in [0, 0.1) is 0 Å². The Morgan fingerprint density at radius 2 is 0.970 bits per heavy atom. The number of rotatable bonds is 10. The van der Waals surface area contributed by atoms with Crippen LogP contribution in [0.2, 0.25) is 5.28 Å². The standard InChI is InChI=1S/C28H33ClN4/c1-5-32(6-2)26-17-11-22(12-18-26)9-15-24-21-25(31-28(29)30-24)16-10-23-13-19-27(20-14-23)33(7-3)8-4/h9-21H,5-8H2,1-4H3/b15-9+,16-10+. The number of hydrogen-bond donors (Lipinski definition) is 0. The summed E-state index contributed by atoms with van der Waals surface area (Å²) in [5.41, 5.74) is 6.26. The zero-order valence-corrected chi connectivity index (χ0v) is 20.8. The molecule has 3 aromatic rings. The van der Waals surface area contributed by atoms with Gasteiger partial charge in [0.25, 0.3) is 0 Å². The molecule has 1 aromatic heterocycles. The van der Waals surface area contributed by atoms with Gasteiger partial charge in [-0.3, -0.25) is 0 Å². The van der Waals surface area contributed by atoms with Gasteiger partial charge in [-0.25, -0.2) is 9.97 Å². The van der Waals surface area contributed by atoms with Gasteiger partial charge in [-0.1, -0.05) is 36.4 Å². The van der Waals surface area contributed by atoms with Gasteiger partial charge in [0, 0.05) is 37.6 Å². The molecular formula is C28H33ClN4. The Kier molecular flexibility index (Phi) is 9.08. The van der Waals surface area contributed by atoms with Crippen LogP contribution in [0.5, 0.6) is 0 Å². The first-order valence-corrected chi connectivity index (χ1v) is 12.0. The van der Waals surface area contributed by atoms with Crippen molar-refractivity contribution < 1.29 is 0 Å². The monoisotopic (exact) mass is 460 g/mol. The smallest absolute Gasteiger partial charge is 0.223 e. The predicted molar refractivity (Wildman–Crippen MR) is 145 cm³/mol. The maximum Gasteiger partial charge on any atom is 0.223 e. The number of nitrogens with zero attached hydrogens (tertiary/aromatic N) is 4. The molecule has 0 fully saturated rings. The van der Waals surface area contributed by atoms with Gasteiger partial charge in [0.1, 0.15) is 0 Å². The van der Waals surface area contributed by atoms with E-state index in [1.165, 1.54) is 11.4 Å². The Morgan fingerprint density at radius 3 is 1.30 bits per heavy atom. The quantitative estimate of drug-likeness (QED) is 0.300. The zero-order valence-electron chi connectivity index (χ0n) is 20.0. The minimum atomic E-state index is 0.241. The lowest BCUT2D eigenvalue weighted by Crippen LogP contribution is -2.21. The molecule has 172 valence electrons. The van der Waals surface area contributed by atoms with E-state index in [1.807, 2.05) is 30.4 Å². The number of anilines is 2. The molecule has 1 heterocycles. The lowest BCUT2D eigenvalue weighted by molar-refractivity contribution is 0.866. The third-order valence-electron chi connectivity index (χ3n) is 5.67. The van der Waals surface area contributed by atoms with Crippen LogP contribution in [0.1, 0.15) is 50.2 Å². The van der Waals surface area contributed by atoms with Crippen molar-refractivity contribution >= 4 is 47.3 Å². The molecule has 5 heteroatoms. The number of hydrogen-bond acceptors (Lipinski definition) is 4. The van der Waals surface area contributed by atoms with Gasteiger partial charge in [-0.15, -0.1) is 0 Å². The van der Waals surface area contributed by atoms with Crippen LogP contribution in [0.15, 0.2) is 54.6 Å². The van der Waals surface area contributed by atoms with E-state index in [0.717, 1.165) is 48.7 Å². The minimum Gasteiger partial charge on any atom is -0.372 e. The van der Waals surface area contributed by atoms with E-state index in [4.69, 9.17) is 11.6 Å². The predicted octanol–water partition coefficient (Wildman–Crippen LogP) is 7.16. The van der Waals surface area contributed by atoms with Crippen molar-refractivity contribution in [2.45, 2.75) is 27.7 Å². The Labute approximate surface area is 203 Å². The van der Waals surface area contributed by atoms with Crippen LogP contribution in [0.4, 0.5) is 11.4 Å². The molecule has 0 saturated carbocycles. The molecule has 0 saturated heterocycles. The fourth-order valence-electron chi connectivity index (χ4n) is 3.76. The van der Waals surface area contributed by atoms with Gasteiger partial charge in [0.15, 0.2) is 0 Å². The van der Waals surface area contributed by atoms with Gasteiger partial charge >= 0.3 is 0 Å². The van der Waals surface area contributed by atoms with E-state index < -0.39 is 0 Å². The molecule has 0 atom stereocenters. The summed E-state index contributed by atoms with van der Waals surface area (Å²) < 4.78 is 0. The van der Waals surface area contributed by atoms with Crippen LogP contribution in [-0.4, -0.2) is 36.1 Å². The summed E-state index contributed by atoms with van der Waals surface area (Å²) in [6, 6.07) is 19.0. The maximum absolute atomic E-state index is 6.19. The molecule has 33 heavy (non-hydrogen) atoms. The molecular weight excluding hydrogens is 428 g/mol. The third-order valence-corrected chi connectivity index (χ3v) is 5.84. The summed E-state index contributed by atoms with van der Waals surface area (Å²) in [4.78, 5) is 13.3. The van der Waals surface area contributed by atoms with Crippen molar-refractivity contribution in [1.29, 1.82) is 0 Å². The molecule has 0 radical (unpaired) electrons. The van der Waals surface area contributed by atoms with Gasteiger partial charge < -0.3 is 9.80 Å². The summed E-state index contributed by atoms with van der Waals surface area (Å²) in [7, 11) is 0. The first-order chi connectivity index (χ1) is 16.1. The molecule has 0 N–H and O–H groups in total. The van der Waals surface area contributed by atoms with Crippen LogP contribution < -0.4 is 9.80 Å². The Hall–Kier alpha value is -3.11. The van der Waals surface area contributed by atoms with Gasteiger partial charge in [0.2, 0.25) is 5.28 Å². The molecule has 0 aliphatic rings. The third kappa shape index (κ3) is 6.93. The zero-order chi connectivity index (χ0) is 23.6. The van der Waals surface area contributed by atoms with E-state index in [-0.39, 0.29) is 5.28 Å². The van der Waals surface area contributed by atoms with E-state index in [2.05, 4.69) is 96.0 Å². The highest BCUT2D eigenvalue weighted by molar-refractivity contribution is 6.28. The lowest BCUT2D eigenvalue weighted by Gasteiger charge is -2.20. The van der Waals surface area contributed by atoms with Crippen LogP contribution in [0.3, 0.4) is 0 Å². The van der Waals surface area contributed by atoms with E-state index in [0.29, 0.717) is 0 Å². The number of benzene rings is 2. The molecule has 0 amide bonds. The van der Waals surface area contributed by atoms with Gasteiger partial charge in [-0.05, 0) is 92.9 Å². The molecule has 2 aromatic carbocycles. The van der Waals surface area contributed by atoms with Gasteiger partial charge in [0.05, 0.1) is 11.4 Å². The van der Waals surface area contributed by atoms with Crippen molar-refractivity contribution in [3.05, 3.63) is 82.4 Å². The Morgan fingerprint density at radius 1 is 0.606 bits per heavy atom. The number of halogens is 1.